The first kappa shape index (κ1) is 20.5. The summed E-state index contributed by atoms with van der Waals surface area (Å²) in [5.41, 5.74) is 6.22. The molecule has 0 heterocycles. The zero-order valence-corrected chi connectivity index (χ0v) is 14.9. The molecule has 0 saturated carbocycles. The highest BCUT2D eigenvalue weighted by molar-refractivity contribution is 6.42. The molecule has 6 heteroatoms. The van der Waals surface area contributed by atoms with E-state index in [9.17, 15) is 4.79 Å². The summed E-state index contributed by atoms with van der Waals surface area (Å²) in [5.74, 6) is -0.0106. The van der Waals surface area contributed by atoms with Gasteiger partial charge in [-0.25, -0.2) is 0 Å². The number of carbonyl (C=O) groups is 1. The summed E-state index contributed by atoms with van der Waals surface area (Å²) in [6, 6.07) is 5.23. The Kier molecular flexibility index (Phi) is 8.64. The van der Waals surface area contributed by atoms with Crippen molar-refractivity contribution in [2.24, 2.45) is 11.1 Å². The van der Waals surface area contributed by atoms with Crippen LogP contribution in [-0.2, 0) is 4.79 Å². The SMILES string of the molecule is CCC(CC)(CN)C(=O)NC(C)c1ccc(Cl)c(Cl)c1.Cl. The predicted molar refractivity (Wildman–Crippen MR) is 92.3 cm³/mol. The van der Waals surface area contributed by atoms with Gasteiger partial charge in [0.2, 0.25) is 5.91 Å². The first-order valence-corrected chi connectivity index (χ1v) is 7.61. The lowest BCUT2D eigenvalue weighted by molar-refractivity contribution is -0.131. The Morgan fingerprint density at radius 2 is 1.86 bits per heavy atom. The maximum Gasteiger partial charge on any atom is 0.227 e. The second-order valence-corrected chi connectivity index (χ2v) is 5.87. The molecule has 1 amide bonds. The zero-order valence-electron chi connectivity index (χ0n) is 12.6. The molecule has 1 aromatic carbocycles. The quantitative estimate of drug-likeness (QED) is 0.798. The number of halogens is 3. The standard InChI is InChI=1S/C15H22Cl2N2O.ClH/c1-4-15(5-2,9-18)14(20)19-10(3)11-6-7-12(16)13(17)8-11;/h6-8,10H,4-5,9,18H2,1-3H3,(H,19,20);1H. The Morgan fingerprint density at radius 3 is 2.29 bits per heavy atom. The van der Waals surface area contributed by atoms with Gasteiger partial charge in [-0.3, -0.25) is 4.79 Å². The molecule has 21 heavy (non-hydrogen) atoms. The highest BCUT2D eigenvalue weighted by atomic mass is 35.5. The van der Waals surface area contributed by atoms with Crippen LogP contribution in [0.25, 0.3) is 0 Å². The fraction of sp³-hybridized carbons (Fsp3) is 0.533. The maximum absolute atomic E-state index is 12.4. The fourth-order valence-corrected chi connectivity index (χ4v) is 2.47. The Bertz CT molecular complexity index is 468. The van der Waals surface area contributed by atoms with Crippen molar-refractivity contribution in [3.63, 3.8) is 0 Å². The second kappa shape index (κ2) is 8.84. The largest absolute Gasteiger partial charge is 0.349 e. The van der Waals surface area contributed by atoms with Gasteiger partial charge in [0, 0.05) is 6.54 Å². The number of hydrogen-bond acceptors (Lipinski definition) is 2. The number of amides is 1. The van der Waals surface area contributed by atoms with Crippen molar-refractivity contribution in [1.29, 1.82) is 0 Å². The number of carbonyl (C=O) groups excluding carboxylic acids is 1. The van der Waals surface area contributed by atoms with Crippen LogP contribution in [0.3, 0.4) is 0 Å². The molecular formula is C15H23Cl3N2O. The van der Waals surface area contributed by atoms with Crippen LogP contribution in [0.1, 0.15) is 45.2 Å². The molecule has 1 aromatic rings. The van der Waals surface area contributed by atoms with E-state index in [4.69, 9.17) is 28.9 Å². The van der Waals surface area contributed by atoms with Gasteiger partial charge in [0.1, 0.15) is 0 Å². The maximum atomic E-state index is 12.4. The Labute approximate surface area is 143 Å². The molecule has 3 nitrogen and oxygen atoms in total. The third-order valence-electron chi connectivity index (χ3n) is 4.02. The van der Waals surface area contributed by atoms with E-state index in [2.05, 4.69) is 5.32 Å². The van der Waals surface area contributed by atoms with Gasteiger partial charge in [-0.15, -0.1) is 12.4 Å². The molecule has 3 N–H and O–H groups in total. The molecule has 0 spiro atoms. The number of hydrogen-bond donors (Lipinski definition) is 2. The molecule has 0 fully saturated rings. The summed E-state index contributed by atoms with van der Waals surface area (Å²) in [6.07, 6.45) is 1.44. The lowest BCUT2D eigenvalue weighted by atomic mass is 9.81. The van der Waals surface area contributed by atoms with Gasteiger partial charge in [-0.05, 0) is 37.5 Å². The Morgan fingerprint density at radius 1 is 1.29 bits per heavy atom. The normalized spacial score (nSPS) is 12.5. The molecule has 0 bridgehead atoms. The van der Waals surface area contributed by atoms with E-state index in [1.54, 1.807) is 12.1 Å². The molecule has 0 radical (unpaired) electrons. The van der Waals surface area contributed by atoms with Crippen molar-refractivity contribution < 1.29 is 4.79 Å². The summed E-state index contributed by atoms with van der Waals surface area (Å²) in [7, 11) is 0. The first-order valence-electron chi connectivity index (χ1n) is 6.86. The van der Waals surface area contributed by atoms with E-state index in [1.165, 1.54) is 0 Å². The van der Waals surface area contributed by atoms with Crippen molar-refractivity contribution in [3.8, 4) is 0 Å². The highest BCUT2D eigenvalue weighted by Gasteiger charge is 2.34. The molecule has 0 aliphatic rings. The lowest BCUT2D eigenvalue weighted by Crippen LogP contribution is -2.46. The molecule has 1 rings (SSSR count). The van der Waals surface area contributed by atoms with Gasteiger partial charge in [-0.2, -0.15) is 0 Å². The summed E-state index contributed by atoms with van der Waals surface area (Å²) < 4.78 is 0. The molecule has 1 atom stereocenters. The number of benzene rings is 1. The van der Waals surface area contributed by atoms with Crippen LogP contribution >= 0.6 is 35.6 Å². The molecular weight excluding hydrogens is 331 g/mol. The van der Waals surface area contributed by atoms with E-state index in [0.29, 0.717) is 16.6 Å². The Hall–Kier alpha value is -0.480. The smallest absolute Gasteiger partial charge is 0.227 e. The molecule has 120 valence electrons. The topological polar surface area (TPSA) is 55.1 Å². The lowest BCUT2D eigenvalue weighted by Gasteiger charge is -2.30. The summed E-state index contributed by atoms with van der Waals surface area (Å²) >= 11 is 11.9. The third-order valence-corrected chi connectivity index (χ3v) is 4.76. The number of rotatable bonds is 6. The minimum absolute atomic E-state index is 0. The second-order valence-electron chi connectivity index (χ2n) is 5.06. The zero-order chi connectivity index (χ0) is 15.3. The fourth-order valence-electron chi connectivity index (χ4n) is 2.17. The monoisotopic (exact) mass is 352 g/mol. The average molecular weight is 354 g/mol. The van der Waals surface area contributed by atoms with Crippen molar-refractivity contribution >= 4 is 41.5 Å². The van der Waals surface area contributed by atoms with Gasteiger partial charge in [0.05, 0.1) is 21.5 Å². The Balaban J connectivity index is 0.00000400. The molecule has 0 aliphatic carbocycles. The van der Waals surface area contributed by atoms with E-state index >= 15 is 0 Å². The van der Waals surface area contributed by atoms with Crippen LogP contribution in [0.15, 0.2) is 18.2 Å². The van der Waals surface area contributed by atoms with E-state index in [1.807, 2.05) is 26.8 Å². The van der Waals surface area contributed by atoms with Gasteiger partial charge in [0.15, 0.2) is 0 Å². The van der Waals surface area contributed by atoms with E-state index in [0.717, 1.165) is 18.4 Å². The van der Waals surface area contributed by atoms with Crippen LogP contribution in [0.2, 0.25) is 10.0 Å². The minimum atomic E-state index is -0.496. The van der Waals surface area contributed by atoms with E-state index in [-0.39, 0.29) is 24.4 Å². The summed E-state index contributed by atoms with van der Waals surface area (Å²) in [5, 5.41) is 4.01. The van der Waals surface area contributed by atoms with Gasteiger partial charge >= 0.3 is 0 Å². The van der Waals surface area contributed by atoms with Crippen LogP contribution < -0.4 is 11.1 Å². The van der Waals surface area contributed by atoms with Crippen LogP contribution in [0, 0.1) is 5.41 Å². The minimum Gasteiger partial charge on any atom is -0.349 e. The number of nitrogens with one attached hydrogen (secondary N) is 1. The van der Waals surface area contributed by atoms with Gasteiger partial charge < -0.3 is 11.1 Å². The molecule has 0 aromatic heterocycles. The van der Waals surface area contributed by atoms with Crippen LogP contribution in [0.5, 0.6) is 0 Å². The molecule has 0 aliphatic heterocycles. The predicted octanol–water partition coefficient (Wildman–Crippen LogP) is 4.36. The van der Waals surface area contributed by atoms with Crippen molar-refractivity contribution in [1.82, 2.24) is 5.32 Å². The van der Waals surface area contributed by atoms with Gasteiger partial charge in [-0.1, -0.05) is 43.1 Å². The first-order chi connectivity index (χ1) is 9.40. The third kappa shape index (κ3) is 4.75. The number of nitrogens with two attached hydrogens (primary N) is 1. The van der Waals surface area contributed by atoms with Crippen molar-refractivity contribution in [2.45, 2.75) is 39.7 Å². The summed E-state index contributed by atoms with van der Waals surface area (Å²) in [6.45, 7) is 6.24. The highest BCUT2D eigenvalue weighted by Crippen LogP contribution is 2.28. The van der Waals surface area contributed by atoms with Crippen LogP contribution in [0.4, 0.5) is 0 Å². The van der Waals surface area contributed by atoms with Crippen molar-refractivity contribution in [3.05, 3.63) is 33.8 Å². The van der Waals surface area contributed by atoms with E-state index < -0.39 is 5.41 Å². The van der Waals surface area contributed by atoms with Crippen molar-refractivity contribution in [2.75, 3.05) is 6.54 Å². The molecule has 1 unspecified atom stereocenters. The van der Waals surface area contributed by atoms with Gasteiger partial charge in [0.25, 0.3) is 0 Å². The average Bonchev–Trinajstić information content (AvgIpc) is 2.44. The summed E-state index contributed by atoms with van der Waals surface area (Å²) in [4.78, 5) is 12.4. The molecule has 0 saturated heterocycles. The van der Waals surface area contributed by atoms with Crippen LogP contribution in [-0.4, -0.2) is 12.5 Å².